The summed E-state index contributed by atoms with van der Waals surface area (Å²) in [4.78, 5) is 12.7. The van der Waals surface area contributed by atoms with Crippen molar-refractivity contribution in [1.29, 1.82) is 0 Å². The number of rotatable bonds is 4. The Kier molecular flexibility index (Phi) is 4.85. The van der Waals surface area contributed by atoms with E-state index in [1.165, 1.54) is 0 Å². The molecule has 1 amide bonds. The number of benzene rings is 2. The van der Waals surface area contributed by atoms with Gasteiger partial charge in [-0.25, -0.2) is 4.68 Å². The SMILES string of the molecule is Cc1cccc(CC(=O)Nc2c3c(nn2-c2cccc(Cl)c2)C[S@](=O)C3)c1. The standard InChI is InChI=1S/C20H18ClN3O2S/c1-13-4-2-5-14(8-13)9-19(25)22-20-17-11-27(26)12-18(17)23-24(20)16-7-3-6-15(21)10-16/h2-8,10H,9,11-12H2,1H3,(H,22,25)/t27-/m1/s1. The van der Waals surface area contributed by atoms with Crippen LogP contribution in [0.5, 0.6) is 0 Å². The van der Waals surface area contributed by atoms with Crippen molar-refractivity contribution in [3.63, 3.8) is 0 Å². The third kappa shape index (κ3) is 3.82. The van der Waals surface area contributed by atoms with Crippen molar-refractivity contribution in [2.75, 3.05) is 5.32 Å². The highest BCUT2D eigenvalue weighted by molar-refractivity contribution is 7.83. The van der Waals surface area contributed by atoms with Gasteiger partial charge in [0, 0.05) is 21.4 Å². The number of nitrogens with one attached hydrogen (secondary N) is 1. The van der Waals surface area contributed by atoms with E-state index < -0.39 is 10.8 Å². The molecule has 2 aromatic carbocycles. The Morgan fingerprint density at radius 3 is 2.81 bits per heavy atom. The second kappa shape index (κ2) is 7.29. The minimum absolute atomic E-state index is 0.135. The maximum Gasteiger partial charge on any atom is 0.229 e. The first-order chi connectivity index (χ1) is 13.0. The number of carbonyl (C=O) groups is 1. The Bertz CT molecular complexity index is 1060. The lowest BCUT2D eigenvalue weighted by Gasteiger charge is -2.11. The molecule has 0 fully saturated rings. The molecule has 0 saturated heterocycles. The van der Waals surface area contributed by atoms with Gasteiger partial charge in [-0.05, 0) is 30.7 Å². The van der Waals surface area contributed by atoms with Gasteiger partial charge in [0.2, 0.25) is 5.91 Å². The van der Waals surface area contributed by atoms with Crippen molar-refractivity contribution >= 4 is 34.1 Å². The average molecular weight is 400 g/mol. The molecule has 1 N–H and O–H groups in total. The number of hydrogen-bond donors (Lipinski definition) is 1. The van der Waals surface area contributed by atoms with E-state index in [0.29, 0.717) is 22.3 Å². The summed E-state index contributed by atoms with van der Waals surface area (Å²) in [6.45, 7) is 2.00. The van der Waals surface area contributed by atoms with Crippen LogP contribution in [0.25, 0.3) is 5.69 Å². The smallest absolute Gasteiger partial charge is 0.229 e. The number of halogens is 1. The van der Waals surface area contributed by atoms with Gasteiger partial charge in [-0.2, -0.15) is 5.10 Å². The maximum atomic E-state index is 12.7. The second-order valence-corrected chi connectivity index (χ2v) is 8.50. The molecule has 1 aromatic heterocycles. The van der Waals surface area contributed by atoms with Gasteiger partial charge in [0.25, 0.3) is 0 Å². The van der Waals surface area contributed by atoms with Crippen LogP contribution in [-0.2, 0) is 33.5 Å². The number of fused-ring (bicyclic) bond motifs is 1. The maximum absolute atomic E-state index is 12.7. The Balaban J connectivity index is 1.66. The lowest BCUT2D eigenvalue weighted by molar-refractivity contribution is -0.115. The fraction of sp³-hybridized carbons (Fsp3) is 0.200. The molecule has 27 heavy (non-hydrogen) atoms. The molecular formula is C20H18ClN3O2S. The molecule has 0 unspecified atom stereocenters. The summed E-state index contributed by atoms with van der Waals surface area (Å²) in [6.07, 6.45) is 0.264. The summed E-state index contributed by atoms with van der Waals surface area (Å²) in [5.74, 6) is 1.25. The number of anilines is 1. The molecule has 5 nitrogen and oxygen atoms in total. The van der Waals surface area contributed by atoms with Crippen LogP contribution in [0, 0.1) is 6.92 Å². The van der Waals surface area contributed by atoms with Crippen LogP contribution in [0.2, 0.25) is 5.02 Å². The third-order valence-electron chi connectivity index (χ3n) is 4.43. The monoisotopic (exact) mass is 399 g/mol. The summed E-state index contributed by atoms with van der Waals surface area (Å²) in [7, 11) is -0.977. The van der Waals surface area contributed by atoms with Crippen molar-refractivity contribution in [2.45, 2.75) is 24.9 Å². The zero-order valence-corrected chi connectivity index (χ0v) is 16.3. The molecule has 7 heteroatoms. The summed E-state index contributed by atoms with van der Waals surface area (Å²) < 4.78 is 13.6. The zero-order valence-electron chi connectivity index (χ0n) is 14.7. The van der Waals surface area contributed by atoms with E-state index in [4.69, 9.17) is 11.6 Å². The van der Waals surface area contributed by atoms with Crippen molar-refractivity contribution in [3.8, 4) is 5.69 Å². The Morgan fingerprint density at radius 2 is 2.04 bits per heavy atom. The average Bonchev–Trinajstić information content (AvgIpc) is 3.12. The molecule has 4 rings (SSSR count). The number of carbonyl (C=O) groups excluding carboxylic acids is 1. The lowest BCUT2D eigenvalue weighted by atomic mass is 10.1. The van der Waals surface area contributed by atoms with Gasteiger partial charge in [0.05, 0.1) is 29.3 Å². The van der Waals surface area contributed by atoms with Crippen molar-refractivity contribution in [3.05, 3.63) is 75.9 Å². The summed E-state index contributed by atoms with van der Waals surface area (Å²) in [5, 5.41) is 8.15. The van der Waals surface area contributed by atoms with Gasteiger partial charge in [-0.1, -0.05) is 47.5 Å². The zero-order chi connectivity index (χ0) is 19.0. The van der Waals surface area contributed by atoms with E-state index in [1.807, 2.05) is 43.3 Å². The van der Waals surface area contributed by atoms with Crippen molar-refractivity contribution in [1.82, 2.24) is 9.78 Å². The fourth-order valence-electron chi connectivity index (χ4n) is 3.23. The summed E-state index contributed by atoms with van der Waals surface area (Å²) >= 11 is 6.12. The molecule has 0 saturated carbocycles. The molecule has 1 aliphatic rings. The first-order valence-electron chi connectivity index (χ1n) is 8.56. The Morgan fingerprint density at radius 1 is 1.22 bits per heavy atom. The highest BCUT2D eigenvalue weighted by atomic mass is 35.5. The molecule has 1 aliphatic heterocycles. The van der Waals surface area contributed by atoms with E-state index in [0.717, 1.165) is 28.1 Å². The number of aryl methyl sites for hydroxylation is 1. The molecule has 1 atom stereocenters. The highest BCUT2D eigenvalue weighted by Gasteiger charge is 2.28. The van der Waals surface area contributed by atoms with Crippen molar-refractivity contribution in [2.24, 2.45) is 0 Å². The van der Waals surface area contributed by atoms with Crippen LogP contribution in [0.4, 0.5) is 5.82 Å². The van der Waals surface area contributed by atoms with Gasteiger partial charge < -0.3 is 5.32 Å². The van der Waals surface area contributed by atoms with E-state index in [9.17, 15) is 9.00 Å². The van der Waals surface area contributed by atoms with Crippen LogP contribution in [0.15, 0.2) is 48.5 Å². The predicted molar refractivity (Wildman–Crippen MR) is 108 cm³/mol. The van der Waals surface area contributed by atoms with E-state index in [1.54, 1.807) is 16.8 Å². The molecule has 0 bridgehead atoms. The minimum atomic E-state index is -0.977. The number of hydrogen-bond acceptors (Lipinski definition) is 3. The summed E-state index contributed by atoms with van der Waals surface area (Å²) in [5.41, 5.74) is 4.42. The van der Waals surface area contributed by atoms with Gasteiger partial charge >= 0.3 is 0 Å². The molecule has 0 radical (unpaired) electrons. The fourth-order valence-corrected chi connectivity index (χ4v) is 4.68. The first-order valence-corrected chi connectivity index (χ1v) is 10.4. The molecular weight excluding hydrogens is 382 g/mol. The third-order valence-corrected chi connectivity index (χ3v) is 5.87. The number of aromatic nitrogens is 2. The first kappa shape index (κ1) is 17.9. The largest absolute Gasteiger partial charge is 0.310 e. The number of nitrogens with zero attached hydrogens (tertiary/aromatic N) is 2. The Labute approximate surface area is 164 Å². The van der Waals surface area contributed by atoms with Gasteiger partial charge in [-0.3, -0.25) is 9.00 Å². The van der Waals surface area contributed by atoms with Gasteiger partial charge in [0.15, 0.2) is 0 Å². The van der Waals surface area contributed by atoms with Crippen LogP contribution in [0.1, 0.15) is 22.4 Å². The summed E-state index contributed by atoms with van der Waals surface area (Å²) in [6, 6.07) is 15.1. The lowest BCUT2D eigenvalue weighted by Crippen LogP contribution is -2.18. The van der Waals surface area contributed by atoms with Crippen LogP contribution in [-0.4, -0.2) is 19.9 Å². The van der Waals surface area contributed by atoms with Gasteiger partial charge in [-0.15, -0.1) is 0 Å². The quantitative estimate of drug-likeness (QED) is 0.726. The minimum Gasteiger partial charge on any atom is -0.310 e. The molecule has 0 spiro atoms. The Hall–Kier alpha value is -2.44. The highest BCUT2D eigenvalue weighted by Crippen LogP contribution is 2.32. The van der Waals surface area contributed by atoms with Crippen LogP contribution >= 0.6 is 11.6 Å². The molecule has 3 aromatic rings. The molecule has 2 heterocycles. The number of amides is 1. The normalized spacial score (nSPS) is 15.6. The van der Waals surface area contributed by atoms with E-state index >= 15 is 0 Å². The topological polar surface area (TPSA) is 64.0 Å². The molecule has 0 aliphatic carbocycles. The second-order valence-electron chi connectivity index (χ2n) is 6.61. The molecule has 138 valence electrons. The van der Waals surface area contributed by atoms with Gasteiger partial charge in [0.1, 0.15) is 5.82 Å². The van der Waals surface area contributed by atoms with Crippen LogP contribution in [0.3, 0.4) is 0 Å². The van der Waals surface area contributed by atoms with Crippen molar-refractivity contribution < 1.29 is 9.00 Å². The van der Waals surface area contributed by atoms with Crippen LogP contribution < -0.4 is 5.32 Å². The van der Waals surface area contributed by atoms with E-state index in [2.05, 4.69) is 10.4 Å². The van der Waals surface area contributed by atoms with E-state index in [-0.39, 0.29) is 12.3 Å². The predicted octanol–water partition coefficient (Wildman–Crippen LogP) is 3.78.